The molecule has 0 spiro atoms. The van der Waals surface area contributed by atoms with Gasteiger partial charge >= 0.3 is 6.09 Å². The number of carbonyl (C=O) groups is 1. The van der Waals surface area contributed by atoms with Crippen molar-refractivity contribution in [2.45, 2.75) is 44.5 Å². The first-order valence-corrected chi connectivity index (χ1v) is 11.2. The Morgan fingerprint density at radius 1 is 1.04 bits per heavy atom. The van der Waals surface area contributed by atoms with Crippen molar-refractivity contribution < 1.29 is 19.0 Å². The van der Waals surface area contributed by atoms with Gasteiger partial charge in [0, 0.05) is 5.30 Å². The van der Waals surface area contributed by atoms with Gasteiger partial charge in [0.25, 0.3) is 7.37 Å². The SMILES string of the molecule is O=C(NC(C1CCCCC1)P(=O)(O)c1ccccc1)OCc1ccccc1. The average Bonchev–Trinajstić information content (AvgIpc) is 2.72. The van der Waals surface area contributed by atoms with Crippen LogP contribution in [0.5, 0.6) is 0 Å². The molecule has 0 bridgehead atoms. The van der Waals surface area contributed by atoms with Crippen LogP contribution in [0.2, 0.25) is 0 Å². The number of amides is 1. The number of ether oxygens (including phenoxy) is 1. The van der Waals surface area contributed by atoms with Crippen LogP contribution in [0.1, 0.15) is 37.7 Å². The summed E-state index contributed by atoms with van der Waals surface area (Å²) in [6.07, 6.45) is 4.16. The molecule has 1 aliphatic rings. The highest BCUT2D eigenvalue weighted by Gasteiger charge is 2.40. The highest BCUT2D eigenvalue weighted by atomic mass is 31.2. The third kappa shape index (κ3) is 5.21. The number of benzene rings is 2. The largest absolute Gasteiger partial charge is 0.445 e. The molecule has 0 radical (unpaired) electrons. The first-order chi connectivity index (χ1) is 13.1. The molecule has 1 saturated carbocycles. The number of alkyl carbamates (subject to hydrolysis) is 1. The van der Waals surface area contributed by atoms with E-state index in [2.05, 4.69) is 5.32 Å². The number of rotatable bonds is 6. The monoisotopic (exact) mass is 387 g/mol. The molecule has 1 amide bonds. The molecule has 27 heavy (non-hydrogen) atoms. The predicted molar refractivity (Wildman–Crippen MR) is 106 cm³/mol. The standard InChI is InChI=1S/C21H26NO4P/c23-21(26-16-17-10-4-1-5-11-17)22-20(18-12-6-2-7-13-18)27(24,25)19-14-8-3-9-15-19/h1,3-5,8-11,14-15,18,20H,2,6-7,12-13,16H2,(H,22,23)(H,24,25). The minimum atomic E-state index is -3.78. The number of hydrogen-bond acceptors (Lipinski definition) is 3. The van der Waals surface area contributed by atoms with Crippen molar-refractivity contribution in [1.29, 1.82) is 0 Å². The van der Waals surface area contributed by atoms with E-state index in [4.69, 9.17) is 4.74 Å². The molecule has 2 N–H and O–H groups in total. The number of nitrogens with one attached hydrogen (secondary N) is 1. The van der Waals surface area contributed by atoms with E-state index in [0.29, 0.717) is 5.30 Å². The van der Waals surface area contributed by atoms with Crippen molar-refractivity contribution in [2.75, 3.05) is 0 Å². The molecule has 0 aromatic heterocycles. The average molecular weight is 387 g/mol. The highest BCUT2D eigenvalue weighted by Crippen LogP contribution is 2.50. The zero-order chi connectivity index (χ0) is 19.1. The molecule has 0 heterocycles. The predicted octanol–water partition coefficient (Wildman–Crippen LogP) is 4.42. The molecule has 2 aromatic carbocycles. The van der Waals surface area contributed by atoms with E-state index in [0.717, 1.165) is 37.7 Å². The van der Waals surface area contributed by atoms with Gasteiger partial charge in [-0.05, 0) is 36.5 Å². The van der Waals surface area contributed by atoms with Gasteiger partial charge in [-0.25, -0.2) is 4.79 Å². The maximum atomic E-state index is 13.3. The van der Waals surface area contributed by atoms with Gasteiger partial charge in [0.2, 0.25) is 0 Å². The minimum Gasteiger partial charge on any atom is -0.445 e. The van der Waals surface area contributed by atoms with Gasteiger partial charge in [-0.15, -0.1) is 0 Å². The summed E-state index contributed by atoms with van der Waals surface area (Å²) in [6.45, 7) is 0.130. The molecule has 0 aliphatic heterocycles. The van der Waals surface area contributed by atoms with E-state index in [9.17, 15) is 14.3 Å². The number of hydrogen-bond donors (Lipinski definition) is 2. The molecule has 3 rings (SSSR count). The topological polar surface area (TPSA) is 75.6 Å². The van der Waals surface area contributed by atoms with Gasteiger partial charge < -0.3 is 14.9 Å². The van der Waals surface area contributed by atoms with Crippen LogP contribution in [0.3, 0.4) is 0 Å². The molecule has 2 unspecified atom stereocenters. The Morgan fingerprint density at radius 2 is 1.63 bits per heavy atom. The highest BCUT2D eigenvalue weighted by molar-refractivity contribution is 7.66. The van der Waals surface area contributed by atoms with E-state index in [1.807, 2.05) is 30.3 Å². The van der Waals surface area contributed by atoms with Crippen molar-refractivity contribution in [3.63, 3.8) is 0 Å². The summed E-state index contributed by atoms with van der Waals surface area (Å²) in [7, 11) is -3.78. The first-order valence-electron chi connectivity index (χ1n) is 9.42. The van der Waals surface area contributed by atoms with Gasteiger partial charge in [-0.3, -0.25) is 4.57 Å². The lowest BCUT2D eigenvalue weighted by Crippen LogP contribution is -2.43. The fourth-order valence-corrected chi connectivity index (χ4v) is 5.70. The van der Waals surface area contributed by atoms with E-state index < -0.39 is 19.2 Å². The molecule has 2 atom stereocenters. The van der Waals surface area contributed by atoms with Crippen LogP contribution in [0.4, 0.5) is 4.79 Å². The Morgan fingerprint density at radius 3 is 2.26 bits per heavy atom. The van der Waals surface area contributed by atoms with Crippen LogP contribution < -0.4 is 10.6 Å². The second-order valence-electron chi connectivity index (χ2n) is 7.01. The molecule has 144 valence electrons. The molecule has 6 heteroatoms. The lowest BCUT2D eigenvalue weighted by molar-refractivity contribution is 0.133. The molecule has 5 nitrogen and oxygen atoms in total. The summed E-state index contributed by atoms with van der Waals surface area (Å²) in [5.41, 5.74) is 0.872. The first kappa shape index (κ1) is 19.7. The summed E-state index contributed by atoms with van der Waals surface area (Å²) in [4.78, 5) is 23.3. The second kappa shape index (κ2) is 9.20. The quantitative estimate of drug-likeness (QED) is 0.720. The summed E-state index contributed by atoms with van der Waals surface area (Å²) in [5.74, 6) is -0.859. The zero-order valence-electron chi connectivity index (χ0n) is 15.3. The normalized spacial score (nSPS) is 18.3. The lowest BCUT2D eigenvalue weighted by Gasteiger charge is -2.33. The van der Waals surface area contributed by atoms with E-state index in [-0.39, 0.29) is 12.5 Å². The van der Waals surface area contributed by atoms with Gasteiger partial charge in [-0.2, -0.15) is 0 Å². The Hall–Kier alpha value is -2.10. The summed E-state index contributed by atoms with van der Waals surface area (Å²) in [6, 6.07) is 18.0. The van der Waals surface area contributed by atoms with Crippen molar-refractivity contribution in [3.05, 3.63) is 66.2 Å². The summed E-state index contributed by atoms with van der Waals surface area (Å²) < 4.78 is 18.6. The van der Waals surface area contributed by atoms with Crippen LogP contribution in [0, 0.1) is 5.92 Å². The smallest absolute Gasteiger partial charge is 0.408 e. The molecular weight excluding hydrogens is 361 g/mol. The Bertz CT molecular complexity index is 775. The van der Waals surface area contributed by atoms with Crippen LogP contribution in [-0.4, -0.2) is 16.8 Å². The van der Waals surface area contributed by atoms with Gasteiger partial charge in [0.15, 0.2) is 0 Å². The van der Waals surface area contributed by atoms with Crippen molar-refractivity contribution in [3.8, 4) is 0 Å². The Kier molecular flexibility index (Phi) is 6.70. The zero-order valence-corrected chi connectivity index (χ0v) is 16.2. The van der Waals surface area contributed by atoms with Gasteiger partial charge in [0.05, 0.1) is 0 Å². The third-order valence-corrected chi connectivity index (χ3v) is 7.42. The van der Waals surface area contributed by atoms with E-state index >= 15 is 0 Å². The van der Waals surface area contributed by atoms with Crippen LogP contribution >= 0.6 is 7.37 Å². The fraction of sp³-hybridized carbons (Fsp3) is 0.381. The van der Waals surface area contributed by atoms with Crippen LogP contribution in [0.25, 0.3) is 0 Å². The third-order valence-electron chi connectivity index (χ3n) is 5.08. The minimum absolute atomic E-state index is 0.0286. The second-order valence-corrected chi connectivity index (χ2v) is 9.33. The van der Waals surface area contributed by atoms with Gasteiger partial charge in [0.1, 0.15) is 12.4 Å². The summed E-state index contributed by atoms with van der Waals surface area (Å²) >= 11 is 0. The van der Waals surface area contributed by atoms with Crippen molar-refractivity contribution in [1.82, 2.24) is 5.32 Å². The van der Waals surface area contributed by atoms with Crippen molar-refractivity contribution in [2.24, 2.45) is 5.92 Å². The Labute approximate surface area is 160 Å². The molecule has 1 aliphatic carbocycles. The fourth-order valence-electron chi connectivity index (χ4n) is 3.63. The Balaban J connectivity index is 1.73. The molecule has 2 aromatic rings. The molecule has 0 saturated heterocycles. The van der Waals surface area contributed by atoms with Crippen molar-refractivity contribution >= 4 is 18.8 Å². The molecule has 1 fully saturated rings. The lowest BCUT2D eigenvalue weighted by atomic mass is 9.89. The van der Waals surface area contributed by atoms with Crippen LogP contribution in [0.15, 0.2) is 60.7 Å². The molecular formula is C21H26NO4P. The maximum Gasteiger partial charge on any atom is 0.408 e. The van der Waals surface area contributed by atoms with E-state index in [1.54, 1.807) is 30.3 Å². The van der Waals surface area contributed by atoms with E-state index in [1.165, 1.54) is 0 Å². The maximum absolute atomic E-state index is 13.3. The summed E-state index contributed by atoms with van der Waals surface area (Å²) in [5, 5.41) is 3.09. The van der Waals surface area contributed by atoms with Gasteiger partial charge in [-0.1, -0.05) is 67.8 Å². The number of carbonyl (C=O) groups excluding carboxylic acids is 1. The van der Waals surface area contributed by atoms with Crippen LogP contribution in [-0.2, 0) is 15.9 Å².